The summed E-state index contributed by atoms with van der Waals surface area (Å²) in [5, 5.41) is 4.38. The first-order valence-corrected chi connectivity index (χ1v) is 30.3. The molecule has 7 heteroatoms. The first kappa shape index (κ1) is 54.9. The summed E-state index contributed by atoms with van der Waals surface area (Å²) in [5.74, 6) is 1.87. The molecular formula is C84H53N5OPt-2. The summed E-state index contributed by atoms with van der Waals surface area (Å²) in [6, 6.07) is 119. The van der Waals surface area contributed by atoms with Gasteiger partial charge in [0.1, 0.15) is 5.82 Å². The summed E-state index contributed by atoms with van der Waals surface area (Å²) < 4.78 is 15.8. The zero-order valence-corrected chi connectivity index (χ0v) is 51.3. The third-order valence-corrected chi connectivity index (χ3v) is 17.3. The van der Waals surface area contributed by atoms with Crippen molar-refractivity contribution in [2.75, 3.05) is 0 Å². The Morgan fingerprint density at radius 2 is 0.791 bits per heavy atom. The number of rotatable bonds is 12. The summed E-state index contributed by atoms with van der Waals surface area (Å²) in [6.45, 7) is 0. The van der Waals surface area contributed by atoms with Crippen LogP contribution in [0.5, 0.6) is 11.5 Å². The van der Waals surface area contributed by atoms with Gasteiger partial charge < -0.3 is 18.4 Å². The van der Waals surface area contributed by atoms with Crippen molar-refractivity contribution < 1.29 is 30.4 Å². The molecule has 0 atom stereocenters. The molecular weight excluding hydrogens is 1290 g/mol. The zero-order valence-electron chi connectivity index (χ0n) is 49.1. The van der Waals surface area contributed by atoms with Crippen LogP contribution >= 0.6 is 0 Å². The van der Waals surface area contributed by atoms with Gasteiger partial charge in [0.05, 0.1) is 27.8 Å². The smallest absolute Gasteiger partial charge is 0.268 e. The summed E-state index contributed by atoms with van der Waals surface area (Å²) >= 11 is 0. The topological polar surface area (TPSA) is 40.8 Å². The van der Waals surface area contributed by atoms with Crippen LogP contribution in [0.3, 0.4) is 0 Å². The third-order valence-electron chi connectivity index (χ3n) is 17.3. The van der Waals surface area contributed by atoms with E-state index in [9.17, 15) is 0 Å². The van der Waals surface area contributed by atoms with Crippen LogP contribution in [-0.2, 0) is 21.1 Å². The van der Waals surface area contributed by atoms with E-state index in [1.54, 1.807) is 0 Å². The average molecular weight is 1340 g/mol. The van der Waals surface area contributed by atoms with Gasteiger partial charge in [0, 0.05) is 66.8 Å². The van der Waals surface area contributed by atoms with Crippen LogP contribution in [0.2, 0.25) is 0 Å². The molecule has 0 saturated carbocycles. The Hall–Kier alpha value is -11.4. The van der Waals surface area contributed by atoms with Crippen LogP contribution in [0.25, 0.3) is 144 Å². The normalized spacial score (nSPS) is 11.4. The number of hydrogen-bond acceptors (Lipinski definition) is 2. The molecule has 0 aliphatic heterocycles. The van der Waals surface area contributed by atoms with Gasteiger partial charge in [0.2, 0.25) is 0 Å². The van der Waals surface area contributed by atoms with E-state index in [1.807, 2.05) is 24.4 Å². The maximum atomic E-state index is 6.89. The van der Waals surface area contributed by atoms with Gasteiger partial charge in [-0.05, 0) is 138 Å². The molecule has 432 valence electrons. The van der Waals surface area contributed by atoms with Crippen LogP contribution in [0.1, 0.15) is 0 Å². The van der Waals surface area contributed by atoms with Gasteiger partial charge in [0.15, 0.2) is 0 Å². The minimum absolute atomic E-state index is 0. The molecule has 4 aromatic heterocycles. The fourth-order valence-corrected chi connectivity index (χ4v) is 13.2. The Balaban J connectivity index is 0.00000661. The van der Waals surface area contributed by atoms with E-state index in [-0.39, 0.29) is 21.1 Å². The number of nitrogens with zero attached hydrogens (tertiary/aromatic N) is 5. The van der Waals surface area contributed by atoms with Crippen molar-refractivity contribution in [2.45, 2.75) is 0 Å². The van der Waals surface area contributed by atoms with Crippen molar-refractivity contribution in [2.24, 2.45) is 0 Å². The molecule has 13 aromatic carbocycles. The van der Waals surface area contributed by atoms with Crippen LogP contribution < -0.4 is 9.30 Å². The second-order valence-electron chi connectivity index (χ2n) is 22.7. The molecule has 0 aliphatic rings. The number of pyridine rings is 1. The number of hydrogen-bond donors (Lipinski definition) is 0. The van der Waals surface area contributed by atoms with E-state index >= 15 is 0 Å². The largest absolute Gasteiger partial charge is 0.510 e. The van der Waals surface area contributed by atoms with Gasteiger partial charge in [-0.15, -0.1) is 29.7 Å². The summed E-state index contributed by atoms with van der Waals surface area (Å²) in [6.07, 6.45) is 5.95. The van der Waals surface area contributed by atoms with Crippen molar-refractivity contribution >= 4 is 54.6 Å². The molecule has 17 rings (SSSR count). The maximum absolute atomic E-state index is 6.89. The Bertz CT molecular complexity index is 5300. The van der Waals surface area contributed by atoms with Gasteiger partial charge in [-0.1, -0.05) is 224 Å². The summed E-state index contributed by atoms with van der Waals surface area (Å²) in [7, 11) is 0. The predicted molar refractivity (Wildman–Crippen MR) is 367 cm³/mol. The third kappa shape index (κ3) is 9.91. The van der Waals surface area contributed by atoms with Crippen LogP contribution in [0.15, 0.2) is 322 Å². The number of imidazole rings is 1. The van der Waals surface area contributed by atoms with E-state index in [0.717, 1.165) is 144 Å². The second kappa shape index (κ2) is 23.3. The molecule has 0 unspecified atom stereocenters. The Kier molecular flexibility index (Phi) is 14.0. The fourth-order valence-electron chi connectivity index (χ4n) is 13.2. The van der Waals surface area contributed by atoms with Crippen LogP contribution in [0.4, 0.5) is 0 Å². The number of fused-ring (bicyclic) bond motifs is 7. The van der Waals surface area contributed by atoms with Crippen LogP contribution in [0, 0.1) is 18.5 Å². The summed E-state index contributed by atoms with van der Waals surface area (Å²) in [4.78, 5) is 5.20. The Morgan fingerprint density at radius 1 is 0.330 bits per heavy atom. The number of benzene rings is 13. The second-order valence-corrected chi connectivity index (χ2v) is 22.7. The zero-order chi connectivity index (χ0) is 59.5. The average Bonchev–Trinajstić information content (AvgIpc) is 1.66. The van der Waals surface area contributed by atoms with Gasteiger partial charge in [-0.2, -0.15) is 18.2 Å². The van der Waals surface area contributed by atoms with Crippen molar-refractivity contribution in [3.63, 3.8) is 0 Å². The first-order valence-electron chi connectivity index (χ1n) is 30.3. The predicted octanol–water partition coefficient (Wildman–Crippen LogP) is 20.7. The molecule has 0 bridgehead atoms. The number of aromatic nitrogens is 5. The molecule has 0 N–H and O–H groups in total. The van der Waals surface area contributed by atoms with Crippen molar-refractivity contribution in [1.82, 2.24) is 18.7 Å². The summed E-state index contributed by atoms with van der Waals surface area (Å²) in [5.41, 5.74) is 22.2. The van der Waals surface area contributed by atoms with Gasteiger partial charge >= 0.3 is 0 Å². The van der Waals surface area contributed by atoms with Gasteiger partial charge in [-0.25, -0.2) is 4.98 Å². The molecule has 0 spiro atoms. The molecule has 91 heavy (non-hydrogen) atoms. The molecule has 0 aliphatic carbocycles. The number of para-hydroxylation sites is 6. The molecule has 0 saturated heterocycles. The van der Waals surface area contributed by atoms with Crippen molar-refractivity contribution in [3.05, 3.63) is 340 Å². The molecule has 4 heterocycles. The Morgan fingerprint density at radius 3 is 1.36 bits per heavy atom. The minimum Gasteiger partial charge on any atom is -0.510 e. The van der Waals surface area contributed by atoms with E-state index in [4.69, 9.17) is 9.72 Å². The van der Waals surface area contributed by atoms with Crippen molar-refractivity contribution in [1.29, 1.82) is 0 Å². The number of ether oxygens (including phenoxy) is 1. The van der Waals surface area contributed by atoms with E-state index in [0.29, 0.717) is 11.5 Å². The fraction of sp³-hybridized carbons (Fsp3) is 0. The standard InChI is InChI=1S/C84H53N5O.Pt/c1-6-24-57(25-7-1)61-46-62(58-26-8-2-9-27-58)49-65(48-61)71-38-23-39-72(66-50-63(59-28-10-3-11-29-59)47-64(51-66)60-30-12-4-13-31-60)84(71)87-56-86(79-42-20-21-43-80(79)87)68-34-22-35-69(52-68)90-70-44-45-75-73-36-16-19-41-78(73)89(81(75)53-70)83-54-82-76(55-85-83)74-37-17-18-40-77(74)88(82)67-32-14-5-15-33-67;/h1-51,54-55H;/q-2;. The van der Waals surface area contributed by atoms with Crippen molar-refractivity contribution in [3.8, 4) is 101 Å². The SMILES string of the molecule is [Pt].[c-]1c(Oc2[c-]c3c(cc2)c2ccccc2n3-c2cc3c(cn2)c2ccccc2n3-c2ccccc2)cccc1-n1[c-][n+](-c2c(-c3cc(-c4ccccc4)cc(-c4ccccc4)c3)cccc2-c2cc(-c3ccccc3)cc(-c3ccccc3)c2)c2ccccc21. The molecule has 0 amide bonds. The monoisotopic (exact) mass is 1340 g/mol. The minimum atomic E-state index is 0. The van der Waals surface area contributed by atoms with Gasteiger partial charge in [-0.3, -0.25) is 4.57 Å². The van der Waals surface area contributed by atoms with E-state index < -0.39 is 0 Å². The maximum Gasteiger partial charge on any atom is 0.268 e. The van der Waals surface area contributed by atoms with E-state index in [1.165, 1.54) is 0 Å². The molecule has 17 aromatic rings. The quantitative estimate of drug-likeness (QED) is 0.0903. The Labute approximate surface area is 541 Å². The van der Waals surface area contributed by atoms with E-state index in [2.05, 4.69) is 334 Å². The molecule has 0 radical (unpaired) electrons. The van der Waals surface area contributed by atoms with Crippen LogP contribution in [-0.4, -0.2) is 18.7 Å². The molecule has 0 fully saturated rings. The first-order chi connectivity index (χ1) is 44.6. The molecule has 6 nitrogen and oxygen atoms in total. The van der Waals surface area contributed by atoms with Gasteiger partial charge in [0.25, 0.3) is 6.33 Å².